The van der Waals surface area contributed by atoms with Crippen LogP contribution < -0.4 is 15.4 Å². The highest BCUT2D eigenvalue weighted by molar-refractivity contribution is 5.92. The number of ether oxygens (including phenoxy) is 1. The Morgan fingerprint density at radius 3 is 2.74 bits per heavy atom. The van der Waals surface area contributed by atoms with Gasteiger partial charge in [0.05, 0.1) is 6.04 Å². The van der Waals surface area contributed by atoms with Crippen molar-refractivity contribution in [2.24, 2.45) is 0 Å². The van der Waals surface area contributed by atoms with Crippen LogP contribution in [0.2, 0.25) is 0 Å². The second-order valence-corrected chi connectivity index (χ2v) is 6.38. The van der Waals surface area contributed by atoms with Gasteiger partial charge in [0.2, 0.25) is 0 Å². The third-order valence-corrected chi connectivity index (χ3v) is 4.34. The highest BCUT2D eigenvalue weighted by Gasteiger charge is 2.30. The van der Waals surface area contributed by atoms with E-state index in [4.69, 9.17) is 0 Å². The summed E-state index contributed by atoms with van der Waals surface area (Å²) in [7, 11) is 0. The van der Waals surface area contributed by atoms with Crippen LogP contribution in [-0.4, -0.2) is 41.7 Å². The average Bonchev–Trinajstić information content (AvgIpc) is 3.13. The zero-order chi connectivity index (χ0) is 19.3. The lowest BCUT2D eigenvalue weighted by molar-refractivity contribution is -0.274. The van der Waals surface area contributed by atoms with Gasteiger partial charge in [-0.3, -0.25) is 9.48 Å². The molecule has 2 heterocycles. The molecule has 0 bridgehead atoms. The summed E-state index contributed by atoms with van der Waals surface area (Å²) < 4.78 is 42.0. The molecule has 2 N–H and O–H groups in total. The minimum Gasteiger partial charge on any atom is -0.406 e. The number of hydrogen-bond donors (Lipinski definition) is 2. The van der Waals surface area contributed by atoms with E-state index in [1.807, 2.05) is 10.9 Å². The van der Waals surface area contributed by atoms with Crippen LogP contribution in [0.25, 0.3) is 0 Å². The first kappa shape index (κ1) is 19.2. The van der Waals surface area contributed by atoms with Crippen LogP contribution in [0.4, 0.5) is 13.2 Å². The molecular formula is C18H21F3N4O2. The minimum atomic E-state index is -4.70. The number of piperidine rings is 1. The topological polar surface area (TPSA) is 68.2 Å². The number of benzene rings is 1. The Kier molecular flexibility index (Phi) is 6.00. The highest BCUT2D eigenvalue weighted by atomic mass is 19.4. The molecule has 1 amide bonds. The number of nitrogens with one attached hydrogen (secondary N) is 2. The van der Waals surface area contributed by atoms with Crippen LogP contribution in [0.3, 0.4) is 0 Å². The molecule has 3 rings (SSSR count). The molecule has 1 aromatic heterocycles. The molecule has 27 heavy (non-hydrogen) atoms. The van der Waals surface area contributed by atoms with E-state index in [1.165, 1.54) is 24.3 Å². The van der Waals surface area contributed by atoms with Gasteiger partial charge < -0.3 is 15.4 Å². The largest absolute Gasteiger partial charge is 0.573 e. The first-order valence-electron chi connectivity index (χ1n) is 8.79. The third-order valence-electron chi connectivity index (χ3n) is 4.34. The van der Waals surface area contributed by atoms with E-state index in [0.717, 1.165) is 31.5 Å². The maximum Gasteiger partial charge on any atom is 0.573 e. The number of amides is 1. The van der Waals surface area contributed by atoms with Gasteiger partial charge in [0.1, 0.15) is 11.4 Å². The monoisotopic (exact) mass is 382 g/mol. The number of alkyl halides is 3. The molecule has 0 saturated carbocycles. The smallest absolute Gasteiger partial charge is 0.406 e. The standard InChI is InChI=1S/C18H21F3N4O2/c19-18(20,21)27-15-5-3-13(4-6-15)7-10-23-17(26)16-8-11-25(24-16)14-2-1-9-22-12-14/h3-6,8,11,14,22H,1-2,7,9-10,12H2,(H,23,26). The molecule has 1 atom stereocenters. The van der Waals surface area contributed by atoms with Crippen LogP contribution in [-0.2, 0) is 6.42 Å². The molecule has 0 aliphatic carbocycles. The van der Waals surface area contributed by atoms with Crippen molar-refractivity contribution < 1.29 is 22.7 Å². The van der Waals surface area contributed by atoms with Gasteiger partial charge in [0.25, 0.3) is 5.91 Å². The molecule has 6 nitrogen and oxygen atoms in total. The SMILES string of the molecule is O=C(NCCc1ccc(OC(F)(F)F)cc1)c1ccn(C2CCCNC2)n1. The summed E-state index contributed by atoms with van der Waals surface area (Å²) in [6.45, 7) is 2.21. The lowest BCUT2D eigenvalue weighted by Gasteiger charge is -2.22. The number of carbonyl (C=O) groups is 1. The first-order valence-corrected chi connectivity index (χ1v) is 8.79. The fourth-order valence-corrected chi connectivity index (χ4v) is 2.99. The molecular weight excluding hydrogens is 361 g/mol. The van der Waals surface area contributed by atoms with E-state index in [0.29, 0.717) is 18.7 Å². The summed E-state index contributed by atoms with van der Waals surface area (Å²) in [5.74, 6) is -0.535. The molecule has 1 fully saturated rings. The van der Waals surface area contributed by atoms with Crippen molar-refractivity contribution in [1.82, 2.24) is 20.4 Å². The van der Waals surface area contributed by atoms with Gasteiger partial charge in [-0.25, -0.2) is 0 Å². The maximum atomic E-state index is 12.2. The summed E-state index contributed by atoms with van der Waals surface area (Å²) in [5.41, 5.74) is 1.15. The van der Waals surface area contributed by atoms with Crippen molar-refractivity contribution in [3.8, 4) is 5.75 Å². The number of hydrogen-bond acceptors (Lipinski definition) is 4. The van der Waals surface area contributed by atoms with Gasteiger partial charge in [0, 0.05) is 19.3 Å². The van der Waals surface area contributed by atoms with Crippen LogP contribution >= 0.6 is 0 Å². The average molecular weight is 382 g/mol. The minimum absolute atomic E-state index is 0.262. The number of nitrogens with zero attached hydrogens (tertiary/aromatic N) is 2. The first-order chi connectivity index (χ1) is 12.9. The summed E-state index contributed by atoms with van der Waals surface area (Å²) in [6, 6.07) is 7.54. The summed E-state index contributed by atoms with van der Waals surface area (Å²) in [6.07, 6.45) is -0.285. The predicted molar refractivity (Wildman–Crippen MR) is 92.5 cm³/mol. The van der Waals surface area contributed by atoms with E-state index in [9.17, 15) is 18.0 Å². The number of carbonyl (C=O) groups excluding carboxylic acids is 1. The van der Waals surface area contributed by atoms with Gasteiger partial charge in [-0.2, -0.15) is 5.10 Å². The normalized spacial score (nSPS) is 17.5. The van der Waals surface area contributed by atoms with E-state index in [1.54, 1.807) is 6.07 Å². The van der Waals surface area contributed by atoms with Crippen molar-refractivity contribution in [2.75, 3.05) is 19.6 Å². The summed E-state index contributed by atoms with van der Waals surface area (Å²) >= 11 is 0. The van der Waals surface area contributed by atoms with Gasteiger partial charge in [0.15, 0.2) is 0 Å². The molecule has 1 aliphatic rings. The van der Waals surface area contributed by atoms with Crippen LogP contribution in [0.5, 0.6) is 5.75 Å². The van der Waals surface area contributed by atoms with Crippen molar-refractivity contribution in [1.29, 1.82) is 0 Å². The fourth-order valence-electron chi connectivity index (χ4n) is 2.99. The Balaban J connectivity index is 1.46. The van der Waals surface area contributed by atoms with Gasteiger partial charge in [-0.05, 0) is 49.6 Å². The fraction of sp³-hybridized carbons (Fsp3) is 0.444. The number of rotatable bonds is 6. The Labute approximate surface area is 154 Å². The Morgan fingerprint density at radius 2 is 2.07 bits per heavy atom. The summed E-state index contributed by atoms with van der Waals surface area (Å²) in [5, 5.41) is 10.4. The molecule has 9 heteroatoms. The van der Waals surface area contributed by atoms with E-state index in [-0.39, 0.29) is 17.7 Å². The molecule has 1 aliphatic heterocycles. The van der Waals surface area contributed by atoms with E-state index in [2.05, 4.69) is 20.5 Å². The lowest BCUT2D eigenvalue weighted by atomic mass is 10.1. The van der Waals surface area contributed by atoms with Gasteiger partial charge >= 0.3 is 6.36 Å². The molecule has 1 unspecified atom stereocenters. The molecule has 1 aromatic carbocycles. The van der Waals surface area contributed by atoms with Gasteiger partial charge in [-0.15, -0.1) is 13.2 Å². The number of aromatic nitrogens is 2. The van der Waals surface area contributed by atoms with Crippen LogP contribution in [0.15, 0.2) is 36.5 Å². The molecule has 1 saturated heterocycles. The predicted octanol–water partition coefficient (Wildman–Crippen LogP) is 2.68. The van der Waals surface area contributed by atoms with E-state index < -0.39 is 6.36 Å². The second kappa shape index (κ2) is 8.43. The van der Waals surface area contributed by atoms with Crippen molar-refractivity contribution in [3.63, 3.8) is 0 Å². The summed E-state index contributed by atoms with van der Waals surface area (Å²) in [4.78, 5) is 12.2. The van der Waals surface area contributed by atoms with Gasteiger partial charge in [-0.1, -0.05) is 12.1 Å². The Bertz CT molecular complexity index is 753. The van der Waals surface area contributed by atoms with Crippen molar-refractivity contribution in [2.45, 2.75) is 31.7 Å². The Hall–Kier alpha value is -2.55. The highest BCUT2D eigenvalue weighted by Crippen LogP contribution is 2.22. The van der Waals surface area contributed by atoms with Crippen LogP contribution in [0, 0.1) is 0 Å². The van der Waals surface area contributed by atoms with Crippen molar-refractivity contribution in [3.05, 3.63) is 47.8 Å². The Morgan fingerprint density at radius 1 is 1.30 bits per heavy atom. The van der Waals surface area contributed by atoms with Crippen LogP contribution in [0.1, 0.15) is 34.9 Å². The quantitative estimate of drug-likeness (QED) is 0.806. The molecule has 0 spiro atoms. The van der Waals surface area contributed by atoms with Crippen molar-refractivity contribution >= 4 is 5.91 Å². The zero-order valence-electron chi connectivity index (χ0n) is 14.6. The molecule has 146 valence electrons. The number of halogens is 3. The van der Waals surface area contributed by atoms with E-state index >= 15 is 0 Å². The zero-order valence-corrected chi connectivity index (χ0v) is 14.6. The second-order valence-electron chi connectivity index (χ2n) is 6.38. The molecule has 2 aromatic rings. The lowest BCUT2D eigenvalue weighted by Crippen LogP contribution is -2.32. The third kappa shape index (κ3) is 5.72. The molecule has 0 radical (unpaired) electrons. The maximum absolute atomic E-state index is 12.2.